The van der Waals surface area contributed by atoms with Crippen molar-refractivity contribution < 1.29 is 14.3 Å². The van der Waals surface area contributed by atoms with E-state index in [4.69, 9.17) is 9.47 Å². The molecular weight excluding hydrogens is 244 g/mol. The Bertz CT molecular complexity index is 296. The Labute approximate surface area is 115 Å². The molecule has 0 saturated carbocycles. The second kappa shape index (κ2) is 6.68. The molecule has 5 nitrogen and oxygen atoms in total. The van der Waals surface area contributed by atoms with E-state index in [2.05, 4.69) is 10.6 Å². The third-order valence-electron chi connectivity index (χ3n) is 3.90. The van der Waals surface area contributed by atoms with Crippen LogP contribution in [-0.4, -0.2) is 50.0 Å². The van der Waals surface area contributed by atoms with Gasteiger partial charge in [0.05, 0.1) is 12.1 Å². The fourth-order valence-electron chi connectivity index (χ4n) is 2.90. The van der Waals surface area contributed by atoms with Crippen LogP contribution in [0, 0.1) is 0 Å². The molecule has 2 aliphatic heterocycles. The summed E-state index contributed by atoms with van der Waals surface area (Å²) in [4.78, 5) is 11.6. The summed E-state index contributed by atoms with van der Waals surface area (Å²) in [5, 5.41) is 6.27. The molecule has 1 amide bonds. The van der Waals surface area contributed by atoms with Crippen molar-refractivity contribution in [2.75, 3.05) is 26.4 Å². The summed E-state index contributed by atoms with van der Waals surface area (Å²) < 4.78 is 11.4. The van der Waals surface area contributed by atoms with Gasteiger partial charge in [0.25, 0.3) is 0 Å². The van der Waals surface area contributed by atoms with Crippen molar-refractivity contribution in [2.24, 2.45) is 0 Å². The predicted molar refractivity (Wildman–Crippen MR) is 73.0 cm³/mol. The Kier molecular flexibility index (Phi) is 5.19. The van der Waals surface area contributed by atoms with Gasteiger partial charge in [-0.1, -0.05) is 0 Å². The highest BCUT2D eigenvalue weighted by Gasteiger charge is 2.38. The summed E-state index contributed by atoms with van der Waals surface area (Å²) in [5.74, 6) is 0.0718. The zero-order valence-electron chi connectivity index (χ0n) is 12.0. The number of ether oxygens (including phenoxy) is 2. The van der Waals surface area contributed by atoms with E-state index in [9.17, 15) is 4.79 Å². The number of carbonyl (C=O) groups is 1. The van der Waals surface area contributed by atoms with Gasteiger partial charge in [-0.25, -0.2) is 0 Å². The van der Waals surface area contributed by atoms with E-state index in [-0.39, 0.29) is 17.6 Å². The number of hydrogen-bond donors (Lipinski definition) is 2. The highest BCUT2D eigenvalue weighted by atomic mass is 16.5. The molecule has 2 aliphatic rings. The van der Waals surface area contributed by atoms with E-state index in [0.717, 1.165) is 45.5 Å². The Morgan fingerprint density at radius 1 is 1.32 bits per heavy atom. The first-order chi connectivity index (χ1) is 9.10. The Morgan fingerprint density at radius 2 is 2.05 bits per heavy atom. The molecule has 110 valence electrons. The first kappa shape index (κ1) is 14.8. The van der Waals surface area contributed by atoms with E-state index in [1.165, 1.54) is 0 Å². The van der Waals surface area contributed by atoms with Crippen molar-refractivity contribution in [3.63, 3.8) is 0 Å². The van der Waals surface area contributed by atoms with Crippen LogP contribution in [0.1, 0.15) is 39.5 Å². The number of amides is 1. The zero-order valence-corrected chi connectivity index (χ0v) is 12.0. The lowest BCUT2D eigenvalue weighted by molar-refractivity contribution is -0.141. The third kappa shape index (κ3) is 4.44. The molecule has 2 rings (SSSR count). The quantitative estimate of drug-likeness (QED) is 0.794. The Hall–Kier alpha value is -0.650. The fourth-order valence-corrected chi connectivity index (χ4v) is 2.90. The van der Waals surface area contributed by atoms with Crippen LogP contribution in [0.25, 0.3) is 0 Å². The van der Waals surface area contributed by atoms with Gasteiger partial charge < -0.3 is 20.1 Å². The zero-order chi connectivity index (χ0) is 13.7. The summed E-state index contributed by atoms with van der Waals surface area (Å²) in [7, 11) is 0. The summed E-state index contributed by atoms with van der Waals surface area (Å²) in [6, 6.07) is 0.579. The van der Waals surface area contributed by atoms with Gasteiger partial charge in [0.2, 0.25) is 5.91 Å². The molecule has 19 heavy (non-hydrogen) atoms. The van der Waals surface area contributed by atoms with Crippen LogP contribution in [0.3, 0.4) is 0 Å². The van der Waals surface area contributed by atoms with Crippen molar-refractivity contribution in [1.29, 1.82) is 0 Å². The first-order valence-electron chi connectivity index (χ1n) is 7.34. The lowest BCUT2D eigenvalue weighted by atomic mass is 9.84. The lowest BCUT2D eigenvalue weighted by Gasteiger charge is -2.43. The maximum Gasteiger partial charge on any atom is 0.234 e. The third-order valence-corrected chi connectivity index (χ3v) is 3.90. The monoisotopic (exact) mass is 270 g/mol. The average Bonchev–Trinajstić information content (AvgIpc) is 2.37. The molecule has 1 spiro atoms. The van der Waals surface area contributed by atoms with Gasteiger partial charge in [-0.15, -0.1) is 0 Å². The van der Waals surface area contributed by atoms with Crippen LogP contribution in [0.4, 0.5) is 0 Å². The number of carbonyl (C=O) groups excluding carboxylic acids is 1. The molecule has 0 bridgehead atoms. The van der Waals surface area contributed by atoms with Gasteiger partial charge in [0.15, 0.2) is 0 Å². The molecule has 1 atom stereocenters. The molecule has 0 aromatic heterocycles. The highest BCUT2D eigenvalue weighted by Crippen LogP contribution is 2.34. The van der Waals surface area contributed by atoms with E-state index in [1.807, 2.05) is 13.8 Å². The molecule has 2 fully saturated rings. The van der Waals surface area contributed by atoms with E-state index in [0.29, 0.717) is 12.6 Å². The van der Waals surface area contributed by atoms with Gasteiger partial charge in [-0.05, 0) is 39.5 Å². The number of hydrogen-bond acceptors (Lipinski definition) is 4. The molecule has 0 aromatic rings. The molecule has 2 heterocycles. The van der Waals surface area contributed by atoms with Gasteiger partial charge in [0, 0.05) is 31.9 Å². The van der Waals surface area contributed by atoms with Gasteiger partial charge in [-0.3, -0.25) is 4.79 Å². The van der Waals surface area contributed by atoms with Crippen LogP contribution in [0.5, 0.6) is 0 Å². The second-order valence-electron chi connectivity index (χ2n) is 5.94. The maximum atomic E-state index is 11.6. The molecule has 2 saturated heterocycles. The van der Waals surface area contributed by atoms with Crippen molar-refractivity contribution in [3.8, 4) is 0 Å². The number of nitrogens with one attached hydrogen (secondary N) is 2. The summed E-state index contributed by atoms with van der Waals surface area (Å²) in [6.07, 6.45) is 3.93. The second-order valence-corrected chi connectivity index (χ2v) is 5.94. The molecule has 2 N–H and O–H groups in total. The van der Waals surface area contributed by atoms with Crippen LogP contribution in [-0.2, 0) is 14.3 Å². The van der Waals surface area contributed by atoms with E-state index in [1.54, 1.807) is 0 Å². The fraction of sp³-hybridized carbons (Fsp3) is 0.929. The van der Waals surface area contributed by atoms with Gasteiger partial charge >= 0.3 is 0 Å². The maximum absolute atomic E-state index is 11.6. The molecule has 0 radical (unpaired) electrons. The van der Waals surface area contributed by atoms with Gasteiger partial charge in [-0.2, -0.15) is 0 Å². The van der Waals surface area contributed by atoms with Crippen LogP contribution < -0.4 is 10.6 Å². The molecule has 0 aliphatic carbocycles. The normalized spacial score (nSPS) is 26.6. The van der Waals surface area contributed by atoms with Crippen LogP contribution in [0.15, 0.2) is 0 Å². The summed E-state index contributed by atoms with van der Waals surface area (Å²) >= 11 is 0. The minimum Gasteiger partial charge on any atom is -0.381 e. The van der Waals surface area contributed by atoms with Crippen molar-refractivity contribution >= 4 is 5.91 Å². The van der Waals surface area contributed by atoms with Crippen molar-refractivity contribution in [2.45, 2.75) is 57.2 Å². The van der Waals surface area contributed by atoms with E-state index < -0.39 is 0 Å². The molecular formula is C14H26N2O3. The topological polar surface area (TPSA) is 59.6 Å². The SMILES string of the molecule is CC(C)NC(=O)CNC1CCOC2(CCOCC2)C1. The first-order valence-corrected chi connectivity index (χ1v) is 7.34. The number of rotatable bonds is 4. The van der Waals surface area contributed by atoms with Crippen LogP contribution in [0.2, 0.25) is 0 Å². The van der Waals surface area contributed by atoms with Crippen molar-refractivity contribution in [3.05, 3.63) is 0 Å². The van der Waals surface area contributed by atoms with Crippen LogP contribution >= 0.6 is 0 Å². The summed E-state index contributed by atoms with van der Waals surface area (Å²) in [5.41, 5.74) is -0.0112. The molecule has 1 unspecified atom stereocenters. The lowest BCUT2D eigenvalue weighted by Crippen LogP contribution is -2.51. The van der Waals surface area contributed by atoms with E-state index >= 15 is 0 Å². The predicted octanol–water partition coefficient (Wildman–Crippen LogP) is 0.829. The average molecular weight is 270 g/mol. The Balaban J connectivity index is 1.76. The smallest absolute Gasteiger partial charge is 0.234 e. The minimum atomic E-state index is -0.0112. The largest absolute Gasteiger partial charge is 0.381 e. The standard InChI is InChI=1S/C14H26N2O3/c1-11(2)16-13(17)10-15-12-3-6-19-14(9-12)4-7-18-8-5-14/h11-12,15H,3-10H2,1-2H3,(H,16,17). The van der Waals surface area contributed by atoms with Crippen molar-refractivity contribution in [1.82, 2.24) is 10.6 Å². The highest BCUT2D eigenvalue weighted by molar-refractivity contribution is 5.78. The summed E-state index contributed by atoms with van der Waals surface area (Å²) in [6.45, 7) is 6.72. The minimum absolute atomic E-state index is 0.0112. The Morgan fingerprint density at radius 3 is 2.74 bits per heavy atom. The van der Waals surface area contributed by atoms with Gasteiger partial charge in [0.1, 0.15) is 0 Å². The molecule has 0 aromatic carbocycles. The molecule has 5 heteroatoms.